The molecule has 0 saturated carbocycles. The van der Waals surface area contributed by atoms with E-state index >= 15 is 0 Å². The number of rotatable bonds is 4. The Morgan fingerprint density at radius 1 is 0.952 bits per heavy atom. The van der Waals surface area contributed by atoms with Crippen molar-refractivity contribution >= 4 is 17.4 Å². The van der Waals surface area contributed by atoms with Crippen molar-refractivity contribution in [3.05, 3.63) is 59.2 Å². The summed E-state index contributed by atoms with van der Waals surface area (Å²) in [4.78, 5) is 9.19. The average Bonchev–Trinajstić information content (AvgIpc) is 2.55. The van der Waals surface area contributed by atoms with Crippen LogP contribution in [0.15, 0.2) is 48.7 Å². The zero-order valence-corrected chi connectivity index (χ0v) is 12.8. The van der Waals surface area contributed by atoms with Crippen LogP contribution in [0.25, 0.3) is 0 Å². The molecule has 4 heteroatoms. The molecule has 21 heavy (non-hydrogen) atoms. The van der Waals surface area contributed by atoms with Crippen LogP contribution >= 0.6 is 11.6 Å². The van der Waals surface area contributed by atoms with Crippen LogP contribution in [-0.2, 0) is 6.42 Å². The van der Waals surface area contributed by atoms with Gasteiger partial charge in [0.05, 0.1) is 5.02 Å². The lowest BCUT2D eigenvalue weighted by atomic mass is 10.1. The third kappa shape index (κ3) is 3.74. The van der Waals surface area contributed by atoms with Gasteiger partial charge < -0.3 is 4.90 Å². The largest absolute Gasteiger partial charge is 0.353 e. The first kappa shape index (κ1) is 14.4. The van der Waals surface area contributed by atoms with Gasteiger partial charge in [0, 0.05) is 38.9 Å². The summed E-state index contributed by atoms with van der Waals surface area (Å²) in [6, 6.07) is 14.5. The predicted octanol–water partition coefficient (Wildman–Crippen LogP) is 3.10. The first-order valence-corrected chi connectivity index (χ1v) is 7.82. The molecule has 0 radical (unpaired) electrons. The number of halogens is 1. The summed E-state index contributed by atoms with van der Waals surface area (Å²) < 4.78 is 0. The van der Waals surface area contributed by atoms with Crippen LogP contribution < -0.4 is 4.90 Å². The topological polar surface area (TPSA) is 19.4 Å². The molecule has 3 rings (SSSR count). The van der Waals surface area contributed by atoms with E-state index in [9.17, 15) is 0 Å². The summed E-state index contributed by atoms with van der Waals surface area (Å²) in [7, 11) is 0. The molecule has 0 bridgehead atoms. The third-order valence-corrected chi connectivity index (χ3v) is 4.27. The summed E-state index contributed by atoms with van der Waals surface area (Å²) >= 11 is 6.22. The van der Waals surface area contributed by atoms with Crippen molar-refractivity contribution in [2.45, 2.75) is 6.42 Å². The van der Waals surface area contributed by atoms with E-state index in [1.54, 1.807) is 0 Å². The van der Waals surface area contributed by atoms with Crippen molar-refractivity contribution in [2.75, 3.05) is 37.6 Å². The minimum atomic E-state index is 0.746. The summed E-state index contributed by atoms with van der Waals surface area (Å²) in [5, 5.41) is 0.746. The summed E-state index contributed by atoms with van der Waals surface area (Å²) in [6.07, 6.45) is 2.92. The molecule has 0 amide bonds. The Balaban J connectivity index is 1.50. The van der Waals surface area contributed by atoms with E-state index in [0.29, 0.717) is 0 Å². The zero-order valence-electron chi connectivity index (χ0n) is 12.1. The van der Waals surface area contributed by atoms with E-state index < -0.39 is 0 Å². The van der Waals surface area contributed by atoms with E-state index in [0.717, 1.165) is 50.0 Å². The molecule has 3 nitrogen and oxygen atoms in total. The quantitative estimate of drug-likeness (QED) is 0.865. The standard InChI is InChI=1S/C17H20ClN3/c18-16-7-4-9-19-17(16)21-13-11-20(12-14-21)10-8-15-5-2-1-3-6-15/h1-7,9H,8,10-14H2. The molecule has 0 N–H and O–H groups in total. The number of benzene rings is 1. The second-order valence-electron chi connectivity index (χ2n) is 5.37. The molecule has 1 saturated heterocycles. The Hall–Kier alpha value is -1.58. The second-order valence-corrected chi connectivity index (χ2v) is 5.78. The Morgan fingerprint density at radius 3 is 2.43 bits per heavy atom. The van der Waals surface area contributed by atoms with Crippen molar-refractivity contribution in [3.63, 3.8) is 0 Å². The molecule has 1 aliphatic rings. The molecule has 110 valence electrons. The van der Waals surface area contributed by atoms with Crippen molar-refractivity contribution in [1.29, 1.82) is 0 Å². The molecule has 0 unspecified atom stereocenters. The lowest BCUT2D eigenvalue weighted by Crippen LogP contribution is -2.47. The summed E-state index contributed by atoms with van der Waals surface area (Å²) in [5.74, 6) is 0.918. The van der Waals surface area contributed by atoms with Gasteiger partial charge in [0.1, 0.15) is 5.82 Å². The van der Waals surface area contributed by atoms with Crippen LogP contribution in [0.2, 0.25) is 5.02 Å². The van der Waals surface area contributed by atoms with Crippen LogP contribution in [0.4, 0.5) is 5.82 Å². The fraction of sp³-hybridized carbons (Fsp3) is 0.353. The van der Waals surface area contributed by atoms with Crippen LogP contribution in [0.3, 0.4) is 0 Å². The molecule has 2 heterocycles. The van der Waals surface area contributed by atoms with Gasteiger partial charge in [-0.2, -0.15) is 0 Å². The summed E-state index contributed by atoms with van der Waals surface area (Å²) in [6.45, 7) is 5.24. The van der Waals surface area contributed by atoms with E-state index in [4.69, 9.17) is 11.6 Å². The van der Waals surface area contributed by atoms with E-state index in [-0.39, 0.29) is 0 Å². The predicted molar refractivity (Wildman–Crippen MR) is 88.0 cm³/mol. The van der Waals surface area contributed by atoms with E-state index in [1.807, 2.05) is 18.3 Å². The van der Waals surface area contributed by atoms with Gasteiger partial charge >= 0.3 is 0 Å². The Kier molecular flexibility index (Phi) is 4.73. The maximum absolute atomic E-state index is 6.22. The van der Waals surface area contributed by atoms with Crippen LogP contribution in [-0.4, -0.2) is 42.6 Å². The first-order chi connectivity index (χ1) is 10.3. The number of hydrogen-bond donors (Lipinski definition) is 0. The fourth-order valence-corrected chi connectivity index (χ4v) is 2.97. The SMILES string of the molecule is Clc1cccnc1N1CCN(CCc2ccccc2)CC1. The van der Waals surface area contributed by atoms with Crippen molar-refractivity contribution < 1.29 is 0 Å². The Morgan fingerprint density at radius 2 is 1.71 bits per heavy atom. The number of aromatic nitrogens is 1. The average molecular weight is 302 g/mol. The van der Waals surface area contributed by atoms with Crippen LogP contribution in [0.1, 0.15) is 5.56 Å². The first-order valence-electron chi connectivity index (χ1n) is 7.45. The highest BCUT2D eigenvalue weighted by Crippen LogP contribution is 2.23. The fourth-order valence-electron chi connectivity index (χ4n) is 2.73. The van der Waals surface area contributed by atoms with Gasteiger partial charge in [0.25, 0.3) is 0 Å². The minimum Gasteiger partial charge on any atom is -0.353 e. The number of anilines is 1. The Labute approximate surface area is 131 Å². The molecule has 1 fully saturated rings. The smallest absolute Gasteiger partial charge is 0.147 e. The maximum atomic E-state index is 6.22. The van der Waals surface area contributed by atoms with Crippen molar-refractivity contribution in [1.82, 2.24) is 9.88 Å². The van der Waals surface area contributed by atoms with Gasteiger partial charge in [0.2, 0.25) is 0 Å². The van der Waals surface area contributed by atoms with E-state index in [1.165, 1.54) is 5.56 Å². The number of hydrogen-bond acceptors (Lipinski definition) is 3. The van der Waals surface area contributed by atoms with Gasteiger partial charge in [-0.3, -0.25) is 4.90 Å². The van der Waals surface area contributed by atoms with Crippen molar-refractivity contribution in [2.24, 2.45) is 0 Å². The molecule has 2 aromatic rings. The van der Waals surface area contributed by atoms with Gasteiger partial charge in [-0.15, -0.1) is 0 Å². The second kappa shape index (κ2) is 6.92. The molecule has 0 atom stereocenters. The van der Waals surface area contributed by atoms with E-state index in [2.05, 4.69) is 45.1 Å². The lowest BCUT2D eigenvalue weighted by Gasteiger charge is -2.35. The van der Waals surface area contributed by atoms with Crippen LogP contribution in [0.5, 0.6) is 0 Å². The number of nitrogens with zero attached hydrogens (tertiary/aromatic N) is 3. The molecule has 1 aromatic carbocycles. The normalized spacial score (nSPS) is 16.1. The van der Waals surface area contributed by atoms with Crippen LogP contribution in [0, 0.1) is 0 Å². The maximum Gasteiger partial charge on any atom is 0.147 e. The molecular formula is C17H20ClN3. The molecule has 1 aliphatic heterocycles. The lowest BCUT2D eigenvalue weighted by molar-refractivity contribution is 0.260. The van der Waals surface area contributed by atoms with Crippen molar-refractivity contribution in [3.8, 4) is 0 Å². The third-order valence-electron chi connectivity index (χ3n) is 3.97. The highest BCUT2D eigenvalue weighted by Gasteiger charge is 2.19. The van der Waals surface area contributed by atoms with Gasteiger partial charge in [-0.1, -0.05) is 41.9 Å². The molecular weight excluding hydrogens is 282 g/mol. The zero-order chi connectivity index (χ0) is 14.5. The van der Waals surface area contributed by atoms with Gasteiger partial charge in [-0.05, 0) is 24.1 Å². The molecule has 0 spiro atoms. The monoisotopic (exact) mass is 301 g/mol. The number of piperazine rings is 1. The van der Waals surface area contributed by atoms with Gasteiger partial charge in [-0.25, -0.2) is 4.98 Å². The van der Waals surface area contributed by atoms with Gasteiger partial charge in [0.15, 0.2) is 0 Å². The highest BCUT2D eigenvalue weighted by atomic mass is 35.5. The molecule has 0 aliphatic carbocycles. The highest BCUT2D eigenvalue weighted by molar-refractivity contribution is 6.32. The molecule has 1 aromatic heterocycles. The Bertz CT molecular complexity index is 565. The number of pyridine rings is 1. The summed E-state index contributed by atoms with van der Waals surface area (Å²) in [5.41, 5.74) is 1.41. The minimum absolute atomic E-state index is 0.746.